The van der Waals surface area contributed by atoms with Gasteiger partial charge in [0.2, 0.25) is 5.75 Å². The van der Waals surface area contributed by atoms with Crippen LogP contribution < -0.4 is 9.47 Å². The third-order valence-electron chi connectivity index (χ3n) is 2.97. The second kappa shape index (κ2) is 7.56. The third-order valence-corrected chi connectivity index (χ3v) is 3.17. The lowest BCUT2D eigenvalue weighted by Crippen LogP contribution is -2.08. The predicted octanol–water partition coefficient (Wildman–Crippen LogP) is 3.48. The minimum absolute atomic E-state index is 0.0180. The summed E-state index contributed by atoms with van der Waals surface area (Å²) in [4.78, 5) is 33.2. The molecule has 0 bridgehead atoms. The average molecular weight is 350 g/mol. The molecular weight excluding hydrogens is 338 g/mol. The van der Waals surface area contributed by atoms with Gasteiger partial charge in [0, 0.05) is 6.92 Å². The molecule has 2 aromatic carbocycles. The van der Waals surface area contributed by atoms with Crippen molar-refractivity contribution in [2.75, 3.05) is 0 Å². The highest BCUT2D eigenvalue weighted by Crippen LogP contribution is 2.41. The first kappa shape index (κ1) is 17.4. The number of nitro benzene ring substituents is 1. The molecule has 2 aromatic rings. The Hall–Kier alpha value is -2.93. The van der Waals surface area contributed by atoms with E-state index in [1.54, 1.807) is 24.3 Å². The van der Waals surface area contributed by atoms with Gasteiger partial charge in [0.05, 0.1) is 4.92 Å². The van der Waals surface area contributed by atoms with Crippen molar-refractivity contribution in [1.82, 2.24) is 0 Å². The lowest BCUT2D eigenvalue weighted by molar-refractivity contribution is -0.386. The van der Waals surface area contributed by atoms with Gasteiger partial charge in [-0.15, -0.1) is 0 Å². The van der Waals surface area contributed by atoms with Crippen molar-refractivity contribution in [2.24, 2.45) is 0 Å². The van der Waals surface area contributed by atoms with E-state index in [-0.39, 0.29) is 23.7 Å². The Morgan fingerprint density at radius 3 is 2.38 bits per heavy atom. The summed E-state index contributed by atoms with van der Waals surface area (Å²) in [6, 6.07) is 11.2. The topological polar surface area (TPSA) is 95.7 Å². The molecule has 0 amide bonds. The Morgan fingerprint density at radius 1 is 1.17 bits per heavy atom. The van der Waals surface area contributed by atoms with Gasteiger partial charge in [-0.2, -0.15) is 0 Å². The summed E-state index contributed by atoms with van der Waals surface area (Å²) >= 11 is 5.39. The zero-order valence-electron chi connectivity index (χ0n) is 12.5. The van der Waals surface area contributed by atoms with Crippen LogP contribution in [0.1, 0.15) is 22.8 Å². The number of esters is 1. The summed E-state index contributed by atoms with van der Waals surface area (Å²) in [6.07, 6.45) is 0. The maximum Gasteiger partial charge on any atom is 0.326 e. The van der Waals surface area contributed by atoms with Crippen LogP contribution in [0, 0.1) is 10.1 Å². The molecule has 0 heterocycles. The monoisotopic (exact) mass is 349 g/mol. The van der Waals surface area contributed by atoms with Crippen molar-refractivity contribution in [3.8, 4) is 11.5 Å². The molecule has 0 fully saturated rings. The Bertz CT molecular complexity index is 791. The molecule has 0 aromatic heterocycles. The van der Waals surface area contributed by atoms with Crippen LogP contribution in [-0.2, 0) is 11.4 Å². The minimum Gasteiger partial charge on any atom is -0.479 e. The summed E-state index contributed by atoms with van der Waals surface area (Å²) in [7, 11) is 0. The molecule has 0 saturated carbocycles. The quantitative estimate of drug-likeness (QED) is 0.260. The highest BCUT2D eigenvalue weighted by atomic mass is 35.5. The van der Waals surface area contributed by atoms with E-state index in [0.717, 1.165) is 18.6 Å². The molecule has 2 rings (SSSR count). The lowest BCUT2D eigenvalue weighted by atomic mass is 10.1. The Balaban J connectivity index is 2.50. The Labute approximate surface area is 141 Å². The van der Waals surface area contributed by atoms with Crippen molar-refractivity contribution in [3.05, 3.63) is 63.7 Å². The second-order valence-electron chi connectivity index (χ2n) is 4.69. The van der Waals surface area contributed by atoms with Crippen LogP contribution in [0.25, 0.3) is 0 Å². The van der Waals surface area contributed by atoms with Crippen LogP contribution in [0.2, 0.25) is 0 Å². The van der Waals surface area contributed by atoms with E-state index in [9.17, 15) is 19.7 Å². The van der Waals surface area contributed by atoms with Gasteiger partial charge < -0.3 is 9.47 Å². The van der Waals surface area contributed by atoms with E-state index >= 15 is 0 Å². The van der Waals surface area contributed by atoms with Crippen LogP contribution >= 0.6 is 11.6 Å². The summed E-state index contributed by atoms with van der Waals surface area (Å²) < 4.78 is 10.4. The van der Waals surface area contributed by atoms with Gasteiger partial charge in [0.15, 0.2) is 5.75 Å². The van der Waals surface area contributed by atoms with Crippen LogP contribution in [0.5, 0.6) is 11.5 Å². The van der Waals surface area contributed by atoms with Gasteiger partial charge in [0.1, 0.15) is 12.2 Å². The van der Waals surface area contributed by atoms with Crippen molar-refractivity contribution in [3.63, 3.8) is 0 Å². The number of nitrogens with zero attached hydrogens (tertiary/aromatic N) is 1. The molecule has 0 atom stereocenters. The van der Waals surface area contributed by atoms with E-state index in [0.29, 0.717) is 0 Å². The summed E-state index contributed by atoms with van der Waals surface area (Å²) in [5.74, 6) is -1.17. The molecule has 0 aliphatic rings. The van der Waals surface area contributed by atoms with Crippen molar-refractivity contribution in [2.45, 2.75) is 13.5 Å². The number of rotatable bonds is 6. The highest BCUT2D eigenvalue weighted by molar-refractivity contribution is 6.68. The largest absolute Gasteiger partial charge is 0.479 e. The Kier molecular flexibility index (Phi) is 5.49. The van der Waals surface area contributed by atoms with E-state index in [1.165, 1.54) is 6.07 Å². The SMILES string of the molecule is CC(=O)Oc1ccc(C(=O)Cl)c([N+](=O)[O-])c1OCc1ccccc1. The molecule has 8 heteroatoms. The number of halogens is 1. The number of carbonyl (C=O) groups is 2. The molecule has 0 spiro atoms. The zero-order valence-corrected chi connectivity index (χ0v) is 13.3. The van der Waals surface area contributed by atoms with Gasteiger partial charge in [0.25, 0.3) is 5.24 Å². The smallest absolute Gasteiger partial charge is 0.326 e. The minimum atomic E-state index is -1.01. The van der Waals surface area contributed by atoms with Gasteiger partial charge in [-0.3, -0.25) is 19.7 Å². The first-order valence-corrected chi connectivity index (χ1v) is 7.14. The molecule has 0 unspecified atom stereocenters. The number of benzene rings is 2. The molecule has 0 saturated heterocycles. The number of ether oxygens (including phenoxy) is 2. The Morgan fingerprint density at radius 2 is 1.83 bits per heavy atom. The fourth-order valence-electron chi connectivity index (χ4n) is 2.00. The fourth-order valence-corrected chi connectivity index (χ4v) is 2.15. The highest BCUT2D eigenvalue weighted by Gasteiger charge is 2.29. The standard InChI is InChI=1S/C16H12ClNO6/c1-10(19)24-13-8-7-12(16(17)20)14(18(21)22)15(13)23-9-11-5-3-2-4-6-11/h2-8H,9H2,1H3. The van der Waals surface area contributed by atoms with E-state index in [4.69, 9.17) is 21.1 Å². The van der Waals surface area contributed by atoms with E-state index in [1.807, 2.05) is 6.07 Å². The first-order valence-electron chi connectivity index (χ1n) is 6.76. The maximum absolute atomic E-state index is 11.4. The van der Waals surface area contributed by atoms with Crippen LogP contribution in [0.3, 0.4) is 0 Å². The molecule has 124 valence electrons. The molecule has 24 heavy (non-hydrogen) atoms. The molecule has 0 aliphatic heterocycles. The average Bonchev–Trinajstić information content (AvgIpc) is 2.53. The number of hydrogen-bond acceptors (Lipinski definition) is 6. The summed E-state index contributed by atoms with van der Waals surface area (Å²) in [5, 5.41) is 10.4. The number of carbonyl (C=O) groups excluding carboxylic acids is 2. The maximum atomic E-state index is 11.4. The zero-order chi connectivity index (χ0) is 17.7. The summed E-state index contributed by atoms with van der Waals surface area (Å²) in [6.45, 7) is 1.13. The van der Waals surface area contributed by atoms with Gasteiger partial charge >= 0.3 is 11.7 Å². The van der Waals surface area contributed by atoms with Crippen molar-refractivity contribution < 1.29 is 24.0 Å². The predicted molar refractivity (Wildman–Crippen MR) is 85.4 cm³/mol. The second-order valence-corrected chi connectivity index (χ2v) is 5.03. The molecule has 0 radical (unpaired) electrons. The van der Waals surface area contributed by atoms with Crippen molar-refractivity contribution in [1.29, 1.82) is 0 Å². The summed E-state index contributed by atoms with van der Waals surface area (Å²) in [5.41, 5.74) is -0.256. The molecule has 7 nitrogen and oxygen atoms in total. The van der Waals surface area contributed by atoms with Crippen molar-refractivity contribution >= 4 is 28.5 Å². The molecule has 0 N–H and O–H groups in total. The molecular formula is C16H12ClNO6. The lowest BCUT2D eigenvalue weighted by Gasteiger charge is -2.12. The number of nitro groups is 1. The fraction of sp³-hybridized carbons (Fsp3) is 0.125. The third kappa shape index (κ3) is 4.08. The molecule has 0 aliphatic carbocycles. The van der Waals surface area contributed by atoms with E-state index < -0.39 is 21.8 Å². The van der Waals surface area contributed by atoms with Gasteiger partial charge in [-0.05, 0) is 29.3 Å². The number of hydrogen-bond donors (Lipinski definition) is 0. The van der Waals surface area contributed by atoms with Gasteiger partial charge in [-0.25, -0.2) is 0 Å². The van der Waals surface area contributed by atoms with Crippen LogP contribution in [0.4, 0.5) is 5.69 Å². The van der Waals surface area contributed by atoms with E-state index in [2.05, 4.69) is 0 Å². The normalized spacial score (nSPS) is 10.1. The van der Waals surface area contributed by atoms with Crippen LogP contribution in [-0.4, -0.2) is 16.1 Å². The van der Waals surface area contributed by atoms with Gasteiger partial charge in [-0.1, -0.05) is 30.3 Å². The van der Waals surface area contributed by atoms with Crippen LogP contribution in [0.15, 0.2) is 42.5 Å². The first-order chi connectivity index (χ1) is 11.4.